The predicted octanol–water partition coefficient (Wildman–Crippen LogP) is 4.69. The molecule has 4 N–H and O–H groups in total. The Bertz CT molecular complexity index is 1370. The molecule has 2 amide bonds. The van der Waals surface area contributed by atoms with Gasteiger partial charge in [-0.25, -0.2) is 9.97 Å². The van der Waals surface area contributed by atoms with Crippen molar-refractivity contribution in [1.82, 2.24) is 9.97 Å². The molecule has 2 heterocycles. The average Bonchev–Trinajstić information content (AvgIpc) is 2.96. The van der Waals surface area contributed by atoms with E-state index < -0.39 is 0 Å². The summed E-state index contributed by atoms with van der Waals surface area (Å²) >= 11 is 0. The van der Waals surface area contributed by atoms with E-state index in [1.807, 2.05) is 60.7 Å². The van der Waals surface area contributed by atoms with Crippen LogP contribution in [0.4, 0.5) is 28.4 Å². The summed E-state index contributed by atoms with van der Waals surface area (Å²) in [4.78, 5) is 34.9. The second kappa shape index (κ2) is 11.5. The summed E-state index contributed by atoms with van der Waals surface area (Å²) in [7, 11) is 0. The van der Waals surface area contributed by atoms with Crippen molar-refractivity contribution >= 4 is 40.3 Å². The van der Waals surface area contributed by atoms with Crippen molar-refractivity contribution in [3.05, 3.63) is 103 Å². The molecule has 9 heteroatoms. The van der Waals surface area contributed by atoms with Crippen molar-refractivity contribution in [2.75, 3.05) is 33.9 Å². The highest BCUT2D eigenvalue weighted by molar-refractivity contribution is 6.05. The van der Waals surface area contributed by atoms with Crippen LogP contribution in [0.15, 0.2) is 91.5 Å². The van der Waals surface area contributed by atoms with Crippen LogP contribution in [0.5, 0.6) is 0 Å². The Morgan fingerprint density at radius 3 is 1.68 bits per heavy atom. The second-order valence-electron chi connectivity index (χ2n) is 9.08. The lowest BCUT2D eigenvalue weighted by molar-refractivity contribution is 0.101. The van der Waals surface area contributed by atoms with Crippen LogP contribution in [0.2, 0.25) is 0 Å². The Labute approximate surface area is 220 Å². The monoisotopic (exact) mass is 508 g/mol. The first kappa shape index (κ1) is 24.9. The summed E-state index contributed by atoms with van der Waals surface area (Å²) in [6, 6.07) is 22.3. The Morgan fingerprint density at radius 2 is 1.16 bits per heavy atom. The van der Waals surface area contributed by atoms with Crippen LogP contribution < -0.4 is 20.9 Å². The van der Waals surface area contributed by atoms with Gasteiger partial charge in [-0.2, -0.15) is 0 Å². The van der Waals surface area contributed by atoms with Crippen molar-refractivity contribution in [2.45, 2.75) is 18.9 Å². The molecule has 3 aromatic carbocycles. The van der Waals surface area contributed by atoms with Gasteiger partial charge in [0, 0.05) is 59.5 Å². The number of hydrogen-bond donors (Lipinski definition) is 4. The van der Waals surface area contributed by atoms with Crippen LogP contribution in [-0.4, -0.2) is 46.1 Å². The molecule has 9 nitrogen and oxygen atoms in total. The van der Waals surface area contributed by atoms with Gasteiger partial charge in [0.1, 0.15) is 6.33 Å². The number of carbonyl (C=O) groups excluding carboxylic acids is 2. The lowest BCUT2D eigenvalue weighted by Crippen LogP contribution is -2.35. The SMILES string of the molecule is O=C(Nc1ccc(Nc2ccc(NC(=O)c3cncnc3)cc2)cc1)c1ccc(N2CCC(O)CC2)cc1. The zero-order valence-electron chi connectivity index (χ0n) is 20.7. The minimum atomic E-state index is -0.275. The smallest absolute Gasteiger partial charge is 0.258 e. The highest BCUT2D eigenvalue weighted by Gasteiger charge is 2.17. The first-order valence-corrected chi connectivity index (χ1v) is 12.4. The van der Waals surface area contributed by atoms with Crippen LogP contribution in [-0.2, 0) is 0 Å². The number of anilines is 5. The fourth-order valence-electron chi connectivity index (χ4n) is 4.21. The van der Waals surface area contributed by atoms with E-state index in [0.717, 1.165) is 43.0 Å². The number of carbonyl (C=O) groups is 2. The van der Waals surface area contributed by atoms with Crippen molar-refractivity contribution in [2.24, 2.45) is 0 Å². The number of benzene rings is 3. The van der Waals surface area contributed by atoms with Crippen LogP contribution >= 0.6 is 0 Å². The molecule has 1 aliphatic heterocycles. The van der Waals surface area contributed by atoms with Gasteiger partial charge in [-0.3, -0.25) is 9.59 Å². The van der Waals surface area contributed by atoms with Crippen molar-refractivity contribution in [1.29, 1.82) is 0 Å². The molecule has 38 heavy (non-hydrogen) atoms. The number of nitrogens with zero attached hydrogens (tertiary/aromatic N) is 3. The van der Waals surface area contributed by atoms with E-state index in [1.165, 1.54) is 18.7 Å². The Hall–Kier alpha value is -4.76. The number of aromatic nitrogens is 2. The standard InChI is InChI=1S/C29H28N6O3/c36-27-13-15-35(16-14-27)26-11-1-20(2-12-26)28(37)33-24-7-3-22(4-8-24)32-23-5-9-25(10-6-23)34-29(38)21-17-30-19-31-18-21/h1-12,17-19,27,32,36H,13-16H2,(H,33,37)(H,34,38). The summed E-state index contributed by atoms with van der Waals surface area (Å²) in [5.41, 5.74) is 5.09. The van der Waals surface area contributed by atoms with Gasteiger partial charge >= 0.3 is 0 Å². The summed E-state index contributed by atoms with van der Waals surface area (Å²) in [5.74, 6) is -0.450. The maximum Gasteiger partial charge on any atom is 0.258 e. The molecule has 1 aliphatic rings. The number of piperidine rings is 1. The summed E-state index contributed by atoms with van der Waals surface area (Å²) in [6.07, 6.45) is 5.62. The Balaban J connectivity index is 1.13. The third kappa shape index (κ3) is 6.32. The highest BCUT2D eigenvalue weighted by Crippen LogP contribution is 2.23. The third-order valence-electron chi connectivity index (χ3n) is 6.36. The fraction of sp³-hybridized carbons (Fsp3) is 0.172. The normalized spacial score (nSPS) is 13.6. The molecular weight excluding hydrogens is 480 g/mol. The predicted molar refractivity (Wildman–Crippen MR) is 148 cm³/mol. The number of aliphatic hydroxyl groups excluding tert-OH is 1. The molecule has 0 saturated carbocycles. The first-order valence-electron chi connectivity index (χ1n) is 12.4. The van der Waals surface area contributed by atoms with Crippen molar-refractivity contribution < 1.29 is 14.7 Å². The van der Waals surface area contributed by atoms with Crippen molar-refractivity contribution in [3.8, 4) is 0 Å². The molecule has 0 spiro atoms. The molecule has 1 aromatic heterocycles. The minimum Gasteiger partial charge on any atom is -0.393 e. The number of amides is 2. The van der Waals surface area contributed by atoms with E-state index in [-0.39, 0.29) is 17.9 Å². The summed E-state index contributed by atoms with van der Waals surface area (Å²) < 4.78 is 0. The molecule has 4 aromatic rings. The average molecular weight is 509 g/mol. The maximum absolute atomic E-state index is 12.7. The van der Waals surface area contributed by atoms with Gasteiger partial charge in [0.25, 0.3) is 11.8 Å². The first-order chi connectivity index (χ1) is 18.5. The van der Waals surface area contributed by atoms with Gasteiger partial charge in [0.2, 0.25) is 0 Å². The van der Waals surface area contributed by atoms with E-state index in [4.69, 9.17) is 0 Å². The molecule has 5 rings (SSSR count). The molecule has 0 unspecified atom stereocenters. The zero-order valence-corrected chi connectivity index (χ0v) is 20.7. The lowest BCUT2D eigenvalue weighted by atomic mass is 10.1. The Morgan fingerprint density at radius 1 is 0.684 bits per heavy atom. The van der Waals surface area contributed by atoms with Crippen LogP contribution in [0.1, 0.15) is 33.6 Å². The van der Waals surface area contributed by atoms with Crippen molar-refractivity contribution in [3.63, 3.8) is 0 Å². The zero-order chi connectivity index (χ0) is 26.3. The fourth-order valence-corrected chi connectivity index (χ4v) is 4.21. The van der Waals surface area contributed by atoms with Crippen LogP contribution in [0, 0.1) is 0 Å². The lowest BCUT2D eigenvalue weighted by Gasteiger charge is -2.31. The Kier molecular flexibility index (Phi) is 7.56. The van der Waals surface area contributed by atoms with E-state index in [1.54, 1.807) is 12.1 Å². The second-order valence-corrected chi connectivity index (χ2v) is 9.08. The molecule has 1 saturated heterocycles. The van der Waals surface area contributed by atoms with Crippen LogP contribution in [0.25, 0.3) is 0 Å². The van der Waals surface area contributed by atoms with E-state index in [2.05, 4.69) is 30.8 Å². The number of hydrogen-bond acceptors (Lipinski definition) is 7. The minimum absolute atomic E-state index is 0.175. The molecule has 0 atom stereocenters. The molecule has 192 valence electrons. The highest BCUT2D eigenvalue weighted by atomic mass is 16.3. The van der Waals surface area contributed by atoms with Gasteiger partial charge < -0.3 is 26.0 Å². The summed E-state index contributed by atoms with van der Waals surface area (Å²) in [5, 5.41) is 18.7. The third-order valence-corrected chi connectivity index (χ3v) is 6.36. The van der Waals surface area contributed by atoms with Gasteiger partial charge in [0.05, 0.1) is 11.7 Å². The summed E-state index contributed by atoms with van der Waals surface area (Å²) in [6.45, 7) is 1.63. The van der Waals surface area contributed by atoms with Gasteiger partial charge in [-0.15, -0.1) is 0 Å². The maximum atomic E-state index is 12.7. The quantitative estimate of drug-likeness (QED) is 0.286. The molecule has 0 aliphatic carbocycles. The van der Waals surface area contributed by atoms with Gasteiger partial charge in [0.15, 0.2) is 0 Å². The number of aliphatic hydroxyl groups is 1. The number of rotatable bonds is 7. The molecule has 0 radical (unpaired) electrons. The van der Waals surface area contributed by atoms with Gasteiger partial charge in [-0.05, 0) is 85.6 Å². The molecule has 0 bridgehead atoms. The van der Waals surface area contributed by atoms with Crippen LogP contribution in [0.3, 0.4) is 0 Å². The molecule has 1 fully saturated rings. The van der Waals surface area contributed by atoms with E-state index in [9.17, 15) is 14.7 Å². The molecular formula is C29H28N6O3. The van der Waals surface area contributed by atoms with E-state index >= 15 is 0 Å². The number of nitrogens with one attached hydrogen (secondary N) is 3. The van der Waals surface area contributed by atoms with Gasteiger partial charge in [-0.1, -0.05) is 0 Å². The topological polar surface area (TPSA) is 119 Å². The van der Waals surface area contributed by atoms with E-state index in [0.29, 0.717) is 22.5 Å². The largest absolute Gasteiger partial charge is 0.393 e.